The Kier molecular flexibility index (Phi) is 7.70. The molecular weight excluding hydrogens is 463 g/mol. The number of carboxylic acids is 1. The number of benzene rings is 2. The second-order valence-corrected chi connectivity index (χ2v) is 9.78. The Bertz CT molecular complexity index is 1200. The number of hydrogen-bond acceptors (Lipinski definition) is 2. The quantitative estimate of drug-likeness (QED) is 0.468. The lowest BCUT2D eigenvalue weighted by Crippen LogP contribution is -2.47. The Hall–Kier alpha value is -3.30. The summed E-state index contributed by atoms with van der Waals surface area (Å²) < 4.78 is 39.6. The Morgan fingerprint density at radius 2 is 1.92 bits per heavy atom. The molecule has 1 saturated heterocycles. The van der Waals surface area contributed by atoms with Gasteiger partial charge in [0.15, 0.2) is 0 Å². The minimum atomic E-state index is -4.41. The van der Waals surface area contributed by atoms with Crippen LogP contribution in [0, 0.1) is 23.7 Å². The van der Waals surface area contributed by atoms with Crippen LogP contribution in [0.15, 0.2) is 66.8 Å². The van der Waals surface area contributed by atoms with Gasteiger partial charge in [-0.3, -0.25) is 9.69 Å². The highest BCUT2D eigenvalue weighted by atomic mass is 19.4. The van der Waals surface area contributed by atoms with Gasteiger partial charge in [0.1, 0.15) is 0 Å². The van der Waals surface area contributed by atoms with Crippen molar-refractivity contribution >= 4 is 12.0 Å². The van der Waals surface area contributed by atoms with E-state index in [1.54, 1.807) is 0 Å². The molecule has 1 unspecified atom stereocenters. The number of halogens is 3. The molecule has 0 amide bonds. The Morgan fingerprint density at radius 3 is 2.58 bits per heavy atom. The van der Waals surface area contributed by atoms with E-state index in [2.05, 4.69) is 47.6 Å². The number of aliphatic carboxylic acids is 1. The number of carboxylic acid groups (broad SMARTS) is 1. The van der Waals surface area contributed by atoms with Crippen LogP contribution in [0.25, 0.3) is 6.08 Å². The molecule has 0 bridgehead atoms. The van der Waals surface area contributed by atoms with Gasteiger partial charge < -0.3 is 5.11 Å². The highest BCUT2D eigenvalue weighted by Gasteiger charge is 2.38. The zero-order chi connectivity index (χ0) is 25.9. The van der Waals surface area contributed by atoms with Crippen LogP contribution in [0.2, 0.25) is 0 Å². The molecule has 0 radical (unpaired) electrons. The molecule has 2 aromatic rings. The predicted octanol–water partition coefficient (Wildman–Crippen LogP) is 6.77. The summed E-state index contributed by atoms with van der Waals surface area (Å²) in [5.74, 6) is 5.73. The summed E-state index contributed by atoms with van der Waals surface area (Å²) in [6, 6.07) is 13.1. The van der Waals surface area contributed by atoms with Crippen LogP contribution >= 0.6 is 0 Å². The lowest BCUT2D eigenvalue weighted by molar-refractivity contribution is -0.139. The number of hydrogen-bond donors (Lipinski definition) is 1. The van der Waals surface area contributed by atoms with E-state index in [1.807, 2.05) is 19.1 Å². The average Bonchev–Trinajstić information content (AvgIpc) is 2.83. The molecule has 36 heavy (non-hydrogen) atoms. The van der Waals surface area contributed by atoms with Gasteiger partial charge in [-0.2, -0.15) is 13.2 Å². The van der Waals surface area contributed by atoms with E-state index in [0.717, 1.165) is 29.7 Å². The van der Waals surface area contributed by atoms with E-state index < -0.39 is 17.7 Å². The van der Waals surface area contributed by atoms with E-state index in [-0.39, 0.29) is 30.3 Å². The molecule has 6 heteroatoms. The number of piperidine rings is 1. The SMILES string of the molecule is C=C(C)C#C[C@@H](C1C=Cc2ccccc2C1)N1CC[C@H](CC(=O)O)C[C@@H]1c1ccc(C(F)(F)F)cc1. The van der Waals surface area contributed by atoms with Crippen LogP contribution in [0.4, 0.5) is 13.2 Å². The average molecular weight is 494 g/mol. The third kappa shape index (κ3) is 6.09. The van der Waals surface area contributed by atoms with Gasteiger partial charge in [0.2, 0.25) is 0 Å². The number of nitrogens with zero attached hydrogens (tertiary/aromatic N) is 1. The first-order chi connectivity index (χ1) is 17.1. The molecule has 1 N–H and O–H groups in total. The minimum Gasteiger partial charge on any atom is -0.481 e. The van der Waals surface area contributed by atoms with Crippen molar-refractivity contribution in [3.05, 3.63) is 89.0 Å². The summed E-state index contributed by atoms with van der Waals surface area (Å²) in [6.07, 6.45) is 1.97. The molecule has 1 aliphatic carbocycles. The first-order valence-electron chi connectivity index (χ1n) is 12.2. The molecule has 4 rings (SSSR count). The highest BCUT2D eigenvalue weighted by Crippen LogP contribution is 2.40. The first kappa shape index (κ1) is 25.8. The summed E-state index contributed by atoms with van der Waals surface area (Å²) in [5, 5.41) is 9.39. The van der Waals surface area contributed by atoms with Gasteiger partial charge in [0.05, 0.1) is 11.6 Å². The van der Waals surface area contributed by atoms with Crippen molar-refractivity contribution in [2.45, 2.75) is 50.9 Å². The van der Waals surface area contributed by atoms with E-state index in [4.69, 9.17) is 0 Å². The maximum Gasteiger partial charge on any atom is 0.416 e. The standard InChI is InChI=1S/C30H30F3NO2/c1-20(2)7-14-27(25-9-8-22-5-3-4-6-24(22)19-25)34-16-15-21(18-29(35)36)17-28(34)23-10-12-26(13-11-23)30(31,32)33/h3-6,8-13,21,25,27-28H,1,15-19H2,2H3,(H,35,36)/t21-,25?,27-,28+/m0/s1. The van der Waals surface area contributed by atoms with E-state index >= 15 is 0 Å². The topological polar surface area (TPSA) is 40.5 Å². The third-order valence-electron chi connectivity index (χ3n) is 7.07. The fourth-order valence-electron chi connectivity index (χ4n) is 5.33. The molecule has 2 aromatic carbocycles. The zero-order valence-corrected chi connectivity index (χ0v) is 20.3. The molecule has 0 saturated carbocycles. The highest BCUT2D eigenvalue weighted by molar-refractivity contribution is 5.67. The van der Waals surface area contributed by atoms with Gasteiger partial charge in [0, 0.05) is 24.9 Å². The zero-order valence-electron chi connectivity index (χ0n) is 20.3. The van der Waals surface area contributed by atoms with Crippen molar-refractivity contribution in [1.82, 2.24) is 4.90 Å². The summed E-state index contributed by atoms with van der Waals surface area (Å²) >= 11 is 0. The maximum atomic E-state index is 13.2. The van der Waals surface area contributed by atoms with E-state index in [0.29, 0.717) is 19.4 Å². The van der Waals surface area contributed by atoms with Crippen LogP contribution in [-0.4, -0.2) is 28.6 Å². The number of carbonyl (C=O) groups is 1. The number of rotatable bonds is 5. The largest absolute Gasteiger partial charge is 0.481 e. The molecule has 3 nitrogen and oxygen atoms in total. The molecule has 1 fully saturated rings. The molecule has 188 valence electrons. The van der Waals surface area contributed by atoms with Crippen LogP contribution < -0.4 is 0 Å². The normalized spacial score (nSPS) is 22.7. The van der Waals surface area contributed by atoms with Crippen LogP contribution in [0.1, 0.15) is 54.5 Å². The van der Waals surface area contributed by atoms with Crippen molar-refractivity contribution in [2.24, 2.45) is 11.8 Å². The van der Waals surface area contributed by atoms with Gasteiger partial charge in [-0.25, -0.2) is 0 Å². The Labute approximate surface area is 210 Å². The van der Waals surface area contributed by atoms with Crippen molar-refractivity contribution < 1.29 is 23.1 Å². The maximum absolute atomic E-state index is 13.2. The lowest BCUT2D eigenvalue weighted by atomic mass is 9.80. The van der Waals surface area contributed by atoms with Gasteiger partial charge in [-0.1, -0.05) is 67.0 Å². The van der Waals surface area contributed by atoms with Gasteiger partial charge in [-0.05, 0) is 66.5 Å². The molecule has 1 heterocycles. The van der Waals surface area contributed by atoms with Gasteiger partial charge in [-0.15, -0.1) is 0 Å². The third-order valence-corrected chi connectivity index (χ3v) is 7.07. The molecular formula is C30H30F3NO2. The number of alkyl halides is 3. The summed E-state index contributed by atoms with van der Waals surface area (Å²) in [7, 11) is 0. The lowest BCUT2D eigenvalue weighted by Gasteiger charge is -2.44. The molecule has 4 atom stereocenters. The monoisotopic (exact) mass is 493 g/mol. The van der Waals surface area contributed by atoms with Gasteiger partial charge in [0.25, 0.3) is 0 Å². The summed E-state index contributed by atoms with van der Waals surface area (Å²) in [6.45, 7) is 6.39. The van der Waals surface area contributed by atoms with Crippen LogP contribution in [-0.2, 0) is 17.4 Å². The van der Waals surface area contributed by atoms with Gasteiger partial charge >= 0.3 is 12.1 Å². The number of allylic oxidation sites excluding steroid dienone is 1. The molecule has 1 aliphatic heterocycles. The first-order valence-corrected chi connectivity index (χ1v) is 12.2. The Balaban J connectivity index is 1.70. The summed E-state index contributed by atoms with van der Waals surface area (Å²) in [4.78, 5) is 13.7. The number of fused-ring (bicyclic) bond motifs is 1. The minimum absolute atomic E-state index is 0.0454. The second kappa shape index (κ2) is 10.8. The smallest absolute Gasteiger partial charge is 0.416 e. The van der Waals surface area contributed by atoms with Crippen LogP contribution in [0.5, 0.6) is 0 Å². The van der Waals surface area contributed by atoms with Crippen molar-refractivity contribution in [1.29, 1.82) is 0 Å². The predicted molar refractivity (Wildman–Crippen MR) is 135 cm³/mol. The number of likely N-dealkylation sites (tertiary alicyclic amines) is 1. The van der Waals surface area contributed by atoms with Crippen molar-refractivity contribution in [2.75, 3.05) is 6.54 Å². The van der Waals surface area contributed by atoms with E-state index in [1.165, 1.54) is 23.3 Å². The van der Waals surface area contributed by atoms with E-state index in [9.17, 15) is 23.1 Å². The summed E-state index contributed by atoms with van der Waals surface area (Å²) in [5.41, 5.74) is 3.22. The second-order valence-electron chi connectivity index (χ2n) is 9.78. The molecule has 0 aromatic heterocycles. The molecule has 0 spiro atoms. The fourth-order valence-corrected chi connectivity index (χ4v) is 5.33. The van der Waals surface area contributed by atoms with Crippen molar-refractivity contribution in [3.63, 3.8) is 0 Å². The molecule has 2 aliphatic rings. The fraction of sp³-hybridized carbons (Fsp3) is 0.367. The Morgan fingerprint density at radius 1 is 1.19 bits per heavy atom. The van der Waals surface area contributed by atoms with Crippen LogP contribution in [0.3, 0.4) is 0 Å². The van der Waals surface area contributed by atoms with Crippen molar-refractivity contribution in [3.8, 4) is 11.8 Å².